The Morgan fingerprint density at radius 2 is 1.00 bits per heavy atom. The van der Waals surface area contributed by atoms with E-state index in [0.717, 1.165) is 22.3 Å². The number of hydrogen-bond donors (Lipinski definition) is 4. The second kappa shape index (κ2) is 6.64. The molecule has 0 aromatic heterocycles. The highest BCUT2D eigenvalue weighted by atomic mass is 16.3. The van der Waals surface area contributed by atoms with Crippen LogP contribution in [0.15, 0.2) is 48.5 Å². The van der Waals surface area contributed by atoms with Crippen LogP contribution in [0.4, 0.5) is 0 Å². The van der Waals surface area contributed by atoms with Gasteiger partial charge in [-0.15, -0.1) is 0 Å². The van der Waals surface area contributed by atoms with Crippen LogP contribution in [-0.2, 0) is 0 Å². The molecule has 0 fully saturated rings. The fraction of sp³-hybridized carbons (Fsp3) is 0.182. The van der Waals surface area contributed by atoms with Crippen molar-refractivity contribution in [2.75, 3.05) is 0 Å². The normalized spacial score (nSPS) is 11.1. The first kappa shape index (κ1) is 17.7. The van der Waals surface area contributed by atoms with Crippen LogP contribution in [0, 0.1) is 20.8 Å². The molecule has 4 nitrogen and oxygen atoms in total. The summed E-state index contributed by atoms with van der Waals surface area (Å²) in [5, 5.41) is 40.2. The number of aryl methyl sites for hydroxylation is 3. The Kier molecular flexibility index (Phi) is 4.51. The molecule has 4 heteroatoms. The van der Waals surface area contributed by atoms with Gasteiger partial charge in [-0.2, -0.15) is 0 Å². The highest BCUT2D eigenvalue weighted by molar-refractivity contribution is 5.57. The number of hydrogen-bond acceptors (Lipinski definition) is 4. The lowest BCUT2D eigenvalue weighted by Gasteiger charge is -2.24. The molecule has 134 valence electrons. The lowest BCUT2D eigenvalue weighted by molar-refractivity contribution is 0.440. The minimum Gasteiger partial charge on any atom is -0.508 e. The molecular weight excluding hydrogens is 328 g/mol. The maximum Gasteiger partial charge on any atom is 0.123 e. The summed E-state index contributed by atoms with van der Waals surface area (Å²) in [5.74, 6) is -0.621. The molecule has 0 saturated heterocycles. The van der Waals surface area contributed by atoms with Crippen LogP contribution in [-0.4, -0.2) is 20.4 Å². The van der Waals surface area contributed by atoms with Crippen molar-refractivity contribution in [3.8, 4) is 23.0 Å². The summed E-state index contributed by atoms with van der Waals surface area (Å²) in [6.07, 6.45) is 0. The third-order valence-electron chi connectivity index (χ3n) is 4.84. The first-order valence-electron chi connectivity index (χ1n) is 8.39. The Bertz CT molecular complexity index is 925. The van der Waals surface area contributed by atoms with E-state index in [1.165, 1.54) is 24.3 Å². The van der Waals surface area contributed by atoms with E-state index in [2.05, 4.69) is 6.07 Å². The molecule has 0 radical (unpaired) electrons. The molecule has 0 aliphatic heterocycles. The second-order valence-corrected chi connectivity index (χ2v) is 6.71. The van der Waals surface area contributed by atoms with Crippen molar-refractivity contribution in [3.05, 3.63) is 81.9 Å². The molecule has 0 unspecified atom stereocenters. The summed E-state index contributed by atoms with van der Waals surface area (Å²) in [4.78, 5) is 0. The minimum atomic E-state index is -0.449. The van der Waals surface area contributed by atoms with Crippen molar-refractivity contribution in [2.45, 2.75) is 26.7 Å². The standard InChI is InChI=1S/C22H22O4/c1-12-8-14(3)19(9-13(12)2)22(17-6-4-15(23)10-20(17)25)18-7-5-16(24)11-21(18)26/h4-11,22-26H,1-3H3. The number of phenolic OH excluding ortho intramolecular Hbond substituents is 4. The number of phenols is 4. The van der Waals surface area contributed by atoms with Crippen LogP contribution < -0.4 is 0 Å². The fourth-order valence-corrected chi connectivity index (χ4v) is 3.35. The fourth-order valence-electron chi connectivity index (χ4n) is 3.35. The molecule has 0 saturated carbocycles. The number of rotatable bonds is 3. The topological polar surface area (TPSA) is 80.9 Å². The van der Waals surface area contributed by atoms with Crippen LogP contribution in [0.2, 0.25) is 0 Å². The van der Waals surface area contributed by atoms with Gasteiger partial charge in [0.15, 0.2) is 0 Å². The van der Waals surface area contributed by atoms with Gasteiger partial charge in [-0.3, -0.25) is 0 Å². The van der Waals surface area contributed by atoms with E-state index in [1.807, 2.05) is 26.8 Å². The summed E-state index contributed by atoms with van der Waals surface area (Å²) in [6, 6.07) is 13.0. The molecule has 0 amide bonds. The van der Waals surface area contributed by atoms with Crippen molar-refractivity contribution >= 4 is 0 Å². The van der Waals surface area contributed by atoms with E-state index in [-0.39, 0.29) is 23.0 Å². The Hall–Kier alpha value is -3.14. The van der Waals surface area contributed by atoms with Gasteiger partial charge in [0.2, 0.25) is 0 Å². The van der Waals surface area contributed by atoms with Crippen molar-refractivity contribution in [1.29, 1.82) is 0 Å². The molecule has 26 heavy (non-hydrogen) atoms. The Morgan fingerprint density at radius 1 is 0.538 bits per heavy atom. The second-order valence-electron chi connectivity index (χ2n) is 6.71. The van der Waals surface area contributed by atoms with Crippen LogP contribution in [0.3, 0.4) is 0 Å². The van der Waals surface area contributed by atoms with Gasteiger partial charge in [0.05, 0.1) is 0 Å². The van der Waals surface area contributed by atoms with Gasteiger partial charge in [-0.1, -0.05) is 24.3 Å². The van der Waals surface area contributed by atoms with Crippen molar-refractivity contribution in [2.24, 2.45) is 0 Å². The van der Waals surface area contributed by atoms with Gasteiger partial charge in [-0.05, 0) is 55.2 Å². The molecule has 3 rings (SSSR count). The Morgan fingerprint density at radius 3 is 1.46 bits per heavy atom. The van der Waals surface area contributed by atoms with Crippen molar-refractivity contribution in [3.63, 3.8) is 0 Å². The lowest BCUT2D eigenvalue weighted by Crippen LogP contribution is -2.07. The molecule has 0 bridgehead atoms. The molecule has 0 heterocycles. The third kappa shape index (κ3) is 3.18. The molecule has 4 N–H and O–H groups in total. The van der Waals surface area contributed by atoms with Gasteiger partial charge in [0.25, 0.3) is 0 Å². The molecule has 0 aliphatic rings. The van der Waals surface area contributed by atoms with Gasteiger partial charge in [0.1, 0.15) is 23.0 Å². The van der Waals surface area contributed by atoms with E-state index < -0.39 is 5.92 Å². The number of aromatic hydroxyl groups is 4. The first-order chi connectivity index (χ1) is 12.3. The highest BCUT2D eigenvalue weighted by Crippen LogP contribution is 2.43. The van der Waals surface area contributed by atoms with Gasteiger partial charge >= 0.3 is 0 Å². The van der Waals surface area contributed by atoms with Crippen LogP contribution in [0.1, 0.15) is 39.3 Å². The molecule has 3 aromatic carbocycles. The third-order valence-corrected chi connectivity index (χ3v) is 4.84. The van der Waals surface area contributed by atoms with Crippen LogP contribution in [0.5, 0.6) is 23.0 Å². The average Bonchev–Trinajstić information content (AvgIpc) is 2.55. The maximum atomic E-state index is 10.5. The average molecular weight is 350 g/mol. The lowest BCUT2D eigenvalue weighted by atomic mass is 9.81. The van der Waals surface area contributed by atoms with Crippen molar-refractivity contribution < 1.29 is 20.4 Å². The summed E-state index contributed by atoms with van der Waals surface area (Å²) in [5.41, 5.74) is 5.36. The monoisotopic (exact) mass is 350 g/mol. The Labute approximate surface area is 152 Å². The van der Waals surface area contributed by atoms with Crippen LogP contribution >= 0.6 is 0 Å². The minimum absolute atomic E-state index is 0.0308. The van der Waals surface area contributed by atoms with E-state index in [4.69, 9.17) is 0 Å². The summed E-state index contributed by atoms with van der Waals surface area (Å²) < 4.78 is 0. The van der Waals surface area contributed by atoms with E-state index in [0.29, 0.717) is 11.1 Å². The van der Waals surface area contributed by atoms with E-state index >= 15 is 0 Å². The maximum absolute atomic E-state index is 10.5. The zero-order chi connectivity index (χ0) is 19.0. The molecule has 3 aromatic rings. The molecule has 0 spiro atoms. The summed E-state index contributed by atoms with van der Waals surface area (Å²) in [6.45, 7) is 6.05. The smallest absolute Gasteiger partial charge is 0.123 e. The SMILES string of the molecule is Cc1cc(C)c(C(c2ccc(O)cc2O)c2ccc(O)cc2O)cc1C. The first-order valence-corrected chi connectivity index (χ1v) is 8.39. The summed E-state index contributed by atoms with van der Waals surface area (Å²) >= 11 is 0. The van der Waals surface area contributed by atoms with Crippen molar-refractivity contribution in [1.82, 2.24) is 0 Å². The van der Waals surface area contributed by atoms with E-state index in [1.54, 1.807) is 12.1 Å². The quantitative estimate of drug-likeness (QED) is 0.520. The molecule has 0 aliphatic carbocycles. The largest absolute Gasteiger partial charge is 0.508 e. The predicted octanol–water partition coefficient (Wildman–Crippen LogP) is 4.61. The summed E-state index contributed by atoms with van der Waals surface area (Å²) in [7, 11) is 0. The van der Waals surface area contributed by atoms with Gasteiger partial charge in [0, 0.05) is 29.2 Å². The van der Waals surface area contributed by atoms with Gasteiger partial charge < -0.3 is 20.4 Å². The molecule has 0 atom stereocenters. The van der Waals surface area contributed by atoms with Crippen LogP contribution in [0.25, 0.3) is 0 Å². The predicted molar refractivity (Wildman–Crippen MR) is 101 cm³/mol. The number of benzene rings is 3. The van der Waals surface area contributed by atoms with E-state index in [9.17, 15) is 20.4 Å². The van der Waals surface area contributed by atoms with Gasteiger partial charge in [-0.25, -0.2) is 0 Å². The highest BCUT2D eigenvalue weighted by Gasteiger charge is 2.25. The molecular formula is C22H22O4. The zero-order valence-corrected chi connectivity index (χ0v) is 15.0. The Balaban J connectivity index is 2.31. The zero-order valence-electron chi connectivity index (χ0n) is 15.0.